The number of rotatable bonds is 8. The predicted molar refractivity (Wildman–Crippen MR) is 95.4 cm³/mol. The van der Waals surface area contributed by atoms with Crippen molar-refractivity contribution >= 4 is 17.9 Å². The molecule has 0 aromatic heterocycles. The summed E-state index contributed by atoms with van der Waals surface area (Å²) in [7, 11) is 1.47. The molecule has 0 saturated carbocycles. The van der Waals surface area contributed by atoms with E-state index < -0.39 is 24.5 Å². The van der Waals surface area contributed by atoms with Crippen LogP contribution in [0.2, 0.25) is 0 Å². The fourth-order valence-corrected chi connectivity index (χ4v) is 1.85. The minimum absolute atomic E-state index is 0.116. The van der Waals surface area contributed by atoms with E-state index >= 15 is 0 Å². The van der Waals surface area contributed by atoms with Crippen molar-refractivity contribution in [2.45, 2.75) is 33.7 Å². The molecule has 0 bridgehead atoms. The third-order valence-corrected chi connectivity index (χ3v) is 2.98. The van der Waals surface area contributed by atoms with Gasteiger partial charge in [-0.25, -0.2) is 9.59 Å². The van der Waals surface area contributed by atoms with Crippen LogP contribution in [0, 0.1) is 5.92 Å². The Labute approximate surface area is 153 Å². The second-order valence-electron chi connectivity index (χ2n) is 6.32. The van der Waals surface area contributed by atoms with Gasteiger partial charge in [0.25, 0.3) is 5.91 Å². The molecular weight excluding hydrogens is 340 g/mol. The highest BCUT2D eigenvalue weighted by atomic mass is 16.5. The fourth-order valence-electron chi connectivity index (χ4n) is 1.85. The summed E-state index contributed by atoms with van der Waals surface area (Å²) in [5.41, 5.74) is 0.207. The van der Waals surface area contributed by atoms with Gasteiger partial charge in [-0.3, -0.25) is 10.1 Å². The first-order chi connectivity index (χ1) is 12.2. The zero-order valence-electron chi connectivity index (χ0n) is 15.8. The second kappa shape index (κ2) is 10.3. The van der Waals surface area contributed by atoms with E-state index in [9.17, 15) is 14.4 Å². The van der Waals surface area contributed by atoms with Crippen molar-refractivity contribution in [1.29, 1.82) is 0 Å². The largest absolute Gasteiger partial charge is 0.493 e. The van der Waals surface area contributed by atoms with Crippen molar-refractivity contribution in [2.75, 3.05) is 20.3 Å². The molecule has 0 heterocycles. The van der Waals surface area contributed by atoms with E-state index in [-0.39, 0.29) is 11.6 Å². The van der Waals surface area contributed by atoms with Crippen molar-refractivity contribution in [3.05, 3.63) is 23.8 Å². The molecule has 0 unspecified atom stereocenters. The molecule has 1 rings (SSSR count). The SMILES string of the molecule is COc1cc(C(=O)OCC(=O)NC(=O)NC(C)C)ccc1OCC(C)C. The number of nitrogens with one attached hydrogen (secondary N) is 2. The van der Waals surface area contributed by atoms with Gasteiger partial charge in [-0.1, -0.05) is 13.8 Å². The predicted octanol–water partition coefficient (Wildman–Crippen LogP) is 2.12. The molecule has 8 nitrogen and oxygen atoms in total. The van der Waals surface area contributed by atoms with Gasteiger partial charge in [0, 0.05) is 6.04 Å². The molecule has 3 amide bonds. The van der Waals surface area contributed by atoms with Crippen molar-refractivity contribution in [2.24, 2.45) is 5.92 Å². The Hall–Kier alpha value is -2.77. The van der Waals surface area contributed by atoms with Crippen LogP contribution in [0.1, 0.15) is 38.1 Å². The number of urea groups is 1. The summed E-state index contributed by atoms with van der Waals surface area (Å²) in [5, 5.41) is 4.56. The third kappa shape index (κ3) is 7.42. The number of carbonyl (C=O) groups is 3. The number of amides is 3. The van der Waals surface area contributed by atoms with Crippen LogP contribution in [-0.2, 0) is 9.53 Å². The van der Waals surface area contributed by atoms with E-state index in [1.165, 1.54) is 19.2 Å². The lowest BCUT2D eigenvalue weighted by Gasteiger charge is -2.13. The lowest BCUT2D eigenvalue weighted by molar-refractivity contribution is -0.123. The van der Waals surface area contributed by atoms with Gasteiger partial charge in [0.1, 0.15) is 0 Å². The van der Waals surface area contributed by atoms with Crippen molar-refractivity contribution < 1.29 is 28.6 Å². The lowest BCUT2D eigenvalue weighted by Crippen LogP contribution is -2.44. The van der Waals surface area contributed by atoms with Gasteiger partial charge in [-0.2, -0.15) is 0 Å². The molecule has 0 aliphatic heterocycles. The summed E-state index contributed by atoms with van der Waals surface area (Å²) in [5.74, 6) is -0.184. The number of carbonyl (C=O) groups excluding carboxylic acids is 3. The normalized spacial score (nSPS) is 10.4. The molecule has 1 aromatic carbocycles. The van der Waals surface area contributed by atoms with E-state index in [0.29, 0.717) is 24.0 Å². The molecule has 0 aliphatic rings. The van der Waals surface area contributed by atoms with Gasteiger partial charge in [-0.15, -0.1) is 0 Å². The van der Waals surface area contributed by atoms with Gasteiger partial charge >= 0.3 is 12.0 Å². The molecule has 8 heteroatoms. The summed E-state index contributed by atoms with van der Waals surface area (Å²) in [6.07, 6.45) is 0. The van der Waals surface area contributed by atoms with Crippen LogP contribution in [-0.4, -0.2) is 44.3 Å². The van der Waals surface area contributed by atoms with Gasteiger partial charge < -0.3 is 19.5 Å². The van der Waals surface area contributed by atoms with Gasteiger partial charge in [0.15, 0.2) is 18.1 Å². The van der Waals surface area contributed by atoms with E-state index in [2.05, 4.69) is 10.6 Å². The Kier molecular flexibility index (Phi) is 8.41. The van der Waals surface area contributed by atoms with Gasteiger partial charge in [-0.05, 0) is 38.0 Å². The Morgan fingerprint density at radius 2 is 1.77 bits per heavy atom. The molecule has 0 saturated heterocycles. The number of esters is 1. The maximum atomic E-state index is 12.1. The highest BCUT2D eigenvalue weighted by Gasteiger charge is 2.15. The Morgan fingerprint density at radius 1 is 1.08 bits per heavy atom. The number of hydrogen-bond acceptors (Lipinski definition) is 6. The average molecular weight is 366 g/mol. The van der Waals surface area contributed by atoms with E-state index in [4.69, 9.17) is 14.2 Å². The van der Waals surface area contributed by atoms with E-state index in [1.807, 2.05) is 13.8 Å². The van der Waals surface area contributed by atoms with Gasteiger partial charge in [0.2, 0.25) is 0 Å². The van der Waals surface area contributed by atoms with E-state index in [1.54, 1.807) is 19.9 Å². The van der Waals surface area contributed by atoms with Crippen LogP contribution in [0.3, 0.4) is 0 Å². The van der Waals surface area contributed by atoms with Crippen molar-refractivity contribution in [1.82, 2.24) is 10.6 Å². The maximum absolute atomic E-state index is 12.1. The zero-order valence-corrected chi connectivity index (χ0v) is 15.8. The van der Waals surface area contributed by atoms with Crippen LogP contribution in [0.25, 0.3) is 0 Å². The number of methoxy groups -OCH3 is 1. The van der Waals surface area contributed by atoms with Crippen LogP contribution in [0.4, 0.5) is 4.79 Å². The summed E-state index contributed by atoms with van der Waals surface area (Å²) in [6, 6.07) is 3.84. The van der Waals surface area contributed by atoms with Crippen LogP contribution in [0.5, 0.6) is 11.5 Å². The molecule has 26 heavy (non-hydrogen) atoms. The first kappa shape index (κ1) is 21.3. The number of hydrogen-bond donors (Lipinski definition) is 2. The molecule has 0 spiro atoms. The average Bonchev–Trinajstić information content (AvgIpc) is 2.56. The fraction of sp³-hybridized carbons (Fsp3) is 0.500. The summed E-state index contributed by atoms with van der Waals surface area (Å²) in [4.78, 5) is 35.1. The molecule has 1 aromatic rings. The Bertz CT molecular complexity index is 643. The molecule has 0 radical (unpaired) electrons. The third-order valence-electron chi connectivity index (χ3n) is 2.98. The van der Waals surface area contributed by atoms with Gasteiger partial charge in [0.05, 0.1) is 19.3 Å². The highest BCUT2D eigenvalue weighted by molar-refractivity contribution is 5.97. The molecular formula is C18H26N2O6. The lowest BCUT2D eigenvalue weighted by atomic mass is 10.2. The topological polar surface area (TPSA) is 103 Å². The Morgan fingerprint density at radius 3 is 2.35 bits per heavy atom. The molecule has 144 valence electrons. The van der Waals surface area contributed by atoms with Crippen LogP contribution >= 0.6 is 0 Å². The van der Waals surface area contributed by atoms with Crippen LogP contribution in [0.15, 0.2) is 18.2 Å². The van der Waals surface area contributed by atoms with E-state index in [0.717, 1.165) is 0 Å². The number of ether oxygens (including phenoxy) is 3. The maximum Gasteiger partial charge on any atom is 0.338 e. The van der Waals surface area contributed by atoms with Crippen LogP contribution < -0.4 is 20.1 Å². The Balaban J connectivity index is 2.61. The number of benzene rings is 1. The molecule has 0 aliphatic carbocycles. The monoisotopic (exact) mass is 366 g/mol. The molecule has 0 atom stereocenters. The molecule has 0 fully saturated rings. The minimum atomic E-state index is -0.722. The zero-order chi connectivity index (χ0) is 19.7. The minimum Gasteiger partial charge on any atom is -0.493 e. The number of imide groups is 1. The quantitative estimate of drug-likeness (QED) is 0.683. The molecule has 2 N–H and O–H groups in total. The van der Waals surface area contributed by atoms with Crippen molar-refractivity contribution in [3.8, 4) is 11.5 Å². The van der Waals surface area contributed by atoms with Crippen molar-refractivity contribution in [3.63, 3.8) is 0 Å². The first-order valence-corrected chi connectivity index (χ1v) is 8.31. The summed E-state index contributed by atoms with van der Waals surface area (Å²) >= 11 is 0. The smallest absolute Gasteiger partial charge is 0.338 e. The second-order valence-corrected chi connectivity index (χ2v) is 6.32. The highest BCUT2D eigenvalue weighted by Crippen LogP contribution is 2.28. The summed E-state index contributed by atoms with van der Waals surface area (Å²) < 4.78 is 15.7. The summed E-state index contributed by atoms with van der Waals surface area (Å²) in [6.45, 7) is 7.49. The first-order valence-electron chi connectivity index (χ1n) is 8.31. The standard InChI is InChI=1S/C18H26N2O6/c1-11(2)9-25-14-7-6-13(8-15(14)24-5)17(22)26-10-16(21)20-18(23)19-12(3)4/h6-8,11-12H,9-10H2,1-5H3,(H2,19,20,21,23).